The molecule has 1 unspecified atom stereocenters. The Hall–Kier alpha value is -1.40. The first kappa shape index (κ1) is 11.1. The lowest BCUT2D eigenvalue weighted by Gasteiger charge is -2.29. The van der Waals surface area contributed by atoms with Crippen LogP contribution < -0.4 is 11.4 Å². The summed E-state index contributed by atoms with van der Waals surface area (Å²) >= 11 is 0. The minimum Gasteiger partial charge on any atom is -0.394 e. The Morgan fingerprint density at radius 3 is 3.12 bits per heavy atom. The van der Waals surface area contributed by atoms with Gasteiger partial charge in [-0.1, -0.05) is 0 Å². The topological polar surface area (TPSA) is 90.4 Å². The van der Waals surface area contributed by atoms with Crippen LogP contribution in [0.25, 0.3) is 0 Å². The molecule has 1 aliphatic rings. The van der Waals surface area contributed by atoms with Gasteiger partial charge in [-0.15, -0.1) is 0 Å². The van der Waals surface area contributed by atoms with Crippen LogP contribution in [0.3, 0.4) is 0 Å². The number of anilines is 1. The Kier molecular flexibility index (Phi) is 3.21. The minimum absolute atomic E-state index is 0.0202. The van der Waals surface area contributed by atoms with Gasteiger partial charge in [0.1, 0.15) is 12.0 Å². The molecule has 3 N–H and O–H groups in total. The molecule has 1 fully saturated rings. The molecule has 0 radical (unpaired) electrons. The molecule has 0 aromatic carbocycles. The van der Waals surface area contributed by atoms with E-state index in [1.54, 1.807) is 12.3 Å². The van der Waals surface area contributed by atoms with Crippen molar-refractivity contribution in [2.75, 3.05) is 12.3 Å². The number of hydrogen-bond donors (Lipinski definition) is 2. The summed E-state index contributed by atoms with van der Waals surface area (Å²) in [7, 11) is 0. The van der Waals surface area contributed by atoms with E-state index < -0.39 is 5.69 Å². The van der Waals surface area contributed by atoms with E-state index >= 15 is 0 Å². The van der Waals surface area contributed by atoms with E-state index in [0.29, 0.717) is 0 Å². The maximum Gasteiger partial charge on any atom is 0.351 e. The Morgan fingerprint density at radius 2 is 2.44 bits per heavy atom. The van der Waals surface area contributed by atoms with Gasteiger partial charge < -0.3 is 15.6 Å². The average Bonchev–Trinajstić information content (AvgIpc) is 2.29. The number of aromatic nitrogens is 2. The van der Waals surface area contributed by atoms with Gasteiger partial charge in [-0.25, -0.2) is 4.79 Å². The van der Waals surface area contributed by atoms with Crippen molar-refractivity contribution in [1.82, 2.24) is 9.55 Å². The molecular formula is C10H15N3O3. The lowest BCUT2D eigenvalue weighted by Crippen LogP contribution is -2.34. The number of nitrogens with zero attached hydrogens (tertiary/aromatic N) is 2. The second-order valence-electron chi connectivity index (χ2n) is 3.87. The van der Waals surface area contributed by atoms with E-state index in [4.69, 9.17) is 15.6 Å². The molecule has 1 saturated heterocycles. The van der Waals surface area contributed by atoms with Gasteiger partial charge in [-0.2, -0.15) is 4.98 Å². The lowest BCUT2D eigenvalue weighted by atomic mass is 10.1. The van der Waals surface area contributed by atoms with Crippen LogP contribution in [-0.2, 0) is 4.74 Å². The van der Waals surface area contributed by atoms with Crippen molar-refractivity contribution >= 4 is 5.82 Å². The molecule has 2 atom stereocenters. The normalized spacial score (nSPS) is 25.6. The van der Waals surface area contributed by atoms with Crippen LogP contribution >= 0.6 is 0 Å². The molecule has 88 valence electrons. The number of rotatable bonds is 2. The highest BCUT2D eigenvalue weighted by atomic mass is 16.5. The molecule has 6 heteroatoms. The molecule has 16 heavy (non-hydrogen) atoms. The highest BCUT2D eigenvalue weighted by Crippen LogP contribution is 2.25. The SMILES string of the molecule is Nc1ccn([C@H]2CCCC(CO)O2)c(=O)n1. The van der Waals surface area contributed by atoms with Crippen LogP contribution in [0.2, 0.25) is 0 Å². The molecule has 1 aromatic rings. The Balaban J connectivity index is 2.20. The predicted molar refractivity (Wildman–Crippen MR) is 57.8 cm³/mol. The number of hydrogen-bond acceptors (Lipinski definition) is 5. The van der Waals surface area contributed by atoms with Crippen LogP contribution in [0.5, 0.6) is 0 Å². The molecule has 0 aliphatic carbocycles. The second-order valence-corrected chi connectivity index (χ2v) is 3.87. The van der Waals surface area contributed by atoms with Gasteiger partial charge in [0, 0.05) is 6.20 Å². The van der Waals surface area contributed by atoms with Crippen molar-refractivity contribution in [1.29, 1.82) is 0 Å². The molecule has 2 rings (SSSR count). The van der Waals surface area contributed by atoms with E-state index in [0.717, 1.165) is 19.3 Å². The molecular weight excluding hydrogens is 210 g/mol. The van der Waals surface area contributed by atoms with Crippen LogP contribution in [0.15, 0.2) is 17.1 Å². The third-order valence-corrected chi connectivity index (χ3v) is 2.69. The summed E-state index contributed by atoms with van der Waals surface area (Å²) in [5.74, 6) is 0.204. The van der Waals surface area contributed by atoms with Gasteiger partial charge >= 0.3 is 5.69 Å². The zero-order valence-corrected chi connectivity index (χ0v) is 8.87. The first-order chi connectivity index (χ1) is 7.70. The fourth-order valence-electron chi connectivity index (χ4n) is 1.86. The van der Waals surface area contributed by atoms with Crippen LogP contribution in [0.1, 0.15) is 25.5 Å². The Labute approximate surface area is 92.7 Å². The molecule has 0 spiro atoms. The van der Waals surface area contributed by atoms with Gasteiger partial charge in [0.25, 0.3) is 0 Å². The van der Waals surface area contributed by atoms with Crippen molar-refractivity contribution in [3.8, 4) is 0 Å². The molecule has 1 aliphatic heterocycles. The number of nitrogen functional groups attached to an aromatic ring is 1. The Bertz CT molecular complexity index is 418. The zero-order chi connectivity index (χ0) is 11.5. The molecule has 6 nitrogen and oxygen atoms in total. The maximum atomic E-state index is 11.6. The fraction of sp³-hybridized carbons (Fsp3) is 0.600. The van der Waals surface area contributed by atoms with Gasteiger partial charge in [0.15, 0.2) is 0 Å². The first-order valence-corrected chi connectivity index (χ1v) is 5.31. The quantitative estimate of drug-likeness (QED) is 0.732. The van der Waals surface area contributed by atoms with Crippen LogP contribution in [0.4, 0.5) is 5.82 Å². The van der Waals surface area contributed by atoms with E-state index in [-0.39, 0.29) is 24.8 Å². The summed E-state index contributed by atoms with van der Waals surface area (Å²) in [6, 6.07) is 1.56. The number of aliphatic hydroxyl groups is 1. The summed E-state index contributed by atoms with van der Waals surface area (Å²) < 4.78 is 6.99. The third-order valence-electron chi connectivity index (χ3n) is 2.69. The smallest absolute Gasteiger partial charge is 0.351 e. The van der Waals surface area contributed by atoms with Gasteiger partial charge in [-0.3, -0.25) is 4.57 Å². The number of nitrogens with two attached hydrogens (primary N) is 1. The maximum absolute atomic E-state index is 11.6. The van der Waals surface area contributed by atoms with Crippen molar-refractivity contribution in [3.05, 3.63) is 22.7 Å². The van der Waals surface area contributed by atoms with Gasteiger partial charge in [0.2, 0.25) is 0 Å². The lowest BCUT2D eigenvalue weighted by molar-refractivity contribution is -0.108. The summed E-state index contributed by atoms with van der Waals surface area (Å²) in [4.78, 5) is 15.2. The predicted octanol–water partition coefficient (Wildman–Crippen LogP) is -0.115. The molecule has 0 saturated carbocycles. The molecule has 0 bridgehead atoms. The Morgan fingerprint density at radius 1 is 1.62 bits per heavy atom. The van der Waals surface area contributed by atoms with Gasteiger partial charge in [0.05, 0.1) is 12.7 Å². The third kappa shape index (κ3) is 2.23. The van der Waals surface area contributed by atoms with Crippen LogP contribution in [0, 0.1) is 0 Å². The van der Waals surface area contributed by atoms with Crippen LogP contribution in [-0.4, -0.2) is 27.4 Å². The van der Waals surface area contributed by atoms with Crippen molar-refractivity contribution < 1.29 is 9.84 Å². The zero-order valence-electron chi connectivity index (χ0n) is 8.87. The van der Waals surface area contributed by atoms with Crippen molar-refractivity contribution in [3.63, 3.8) is 0 Å². The summed E-state index contributed by atoms with van der Waals surface area (Å²) in [6.07, 6.45) is 3.54. The van der Waals surface area contributed by atoms with E-state index in [1.807, 2.05) is 0 Å². The van der Waals surface area contributed by atoms with Crippen molar-refractivity contribution in [2.24, 2.45) is 0 Å². The number of ether oxygens (including phenoxy) is 1. The summed E-state index contributed by atoms with van der Waals surface area (Å²) in [5.41, 5.74) is 4.99. The first-order valence-electron chi connectivity index (χ1n) is 5.31. The summed E-state index contributed by atoms with van der Waals surface area (Å²) in [5, 5.41) is 9.02. The molecule has 0 amide bonds. The number of aliphatic hydroxyl groups excluding tert-OH is 1. The highest BCUT2D eigenvalue weighted by Gasteiger charge is 2.23. The van der Waals surface area contributed by atoms with E-state index in [9.17, 15) is 4.79 Å². The molecule has 2 heterocycles. The standard InChI is InChI=1S/C10H15N3O3/c11-8-4-5-13(10(15)12-8)9-3-1-2-7(6-14)16-9/h4-5,7,9,14H,1-3,6H2,(H2,11,12,15)/t7?,9-/m1/s1. The van der Waals surface area contributed by atoms with E-state index in [1.165, 1.54) is 4.57 Å². The highest BCUT2D eigenvalue weighted by molar-refractivity contribution is 5.23. The minimum atomic E-state index is -0.413. The fourth-order valence-corrected chi connectivity index (χ4v) is 1.86. The largest absolute Gasteiger partial charge is 0.394 e. The monoisotopic (exact) mass is 225 g/mol. The molecule has 1 aromatic heterocycles. The average molecular weight is 225 g/mol. The van der Waals surface area contributed by atoms with E-state index in [2.05, 4.69) is 4.98 Å². The van der Waals surface area contributed by atoms with Gasteiger partial charge in [-0.05, 0) is 25.3 Å². The second kappa shape index (κ2) is 4.63. The van der Waals surface area contributed by atoms with Crippen molar-refractivity contribution in [2.45, 2.75) is 31.6 Å². The summed E-state index contributed by atoms with van der Waals surface area (Å²) in [6.45, 7) is -0.0202.